The van der Waals surface area contributed by atoms with E-state index in [9.17, 15) is 4.79 Å². The van der Waals surface area contributed by atoms with Gasteiger partial charge in [-0.15, -0.1) is 12.4 Å². The van der Waals surface area contributed by atoms with Crippen molar-refractivity contribution in [1.82, 2.24) is 10.2 Å². The van der Waals surface area contributed by atoms with Crippen LogP contribution in [0.15, 0.2) is 30.3 Å². The summed E-state index contributed by atoms with van der Waals surface area (Å²) in [4.78, 5) is 14.4. The molecule has 1 N–H and O–H groups in total. The van der Waals surface area contributed by atoms with E-state index in [1.54, 1.807) is 0 Å². The predicted octanol–water partition coefficient (Wildman–Crippen LogP) is 3.13. The Kier molecular flexibility index (Phi) is 6.27. The predicted molar refractivity (Wildman–Crippen MR) is 92.5 cm³/mol. The average Bonchev–Trinajstić information content (AvgIpc) is 3.18. The van der Waals surface area contributed by atoms with Crippen molar-refractivity contribution >= 4 is 18.3 Å². The SMILES string of the molecule is Cl.O=C(CN1CCCC1)NCC1(c2ccccc2)CCCC1. The lowest BCUT2D eigenvalue weighted by Gasteiger charge is -2.30. The van der Waals surface area contributed by atoms with Crippen molar-refractivity contribution in [3.63, 3.8) is 0 Å². The number of carbonyl (C=O) groups is 1. The fourth-order valence-corrected chi connectivity index (χ4v) is 3.88. The third-order valence-corrected chi connectivity index (χ3v) is 5.14. The molecule has 1 heterocycles. The highest BCUT2D eigenvalue weighted by Crippen LogP contribution is 2.40. The lowest BCUT2D eigenvalue weighted by Crippen LogP contribution is -2.43. The quantitative estimate of drug-likeness (QED) is 0.903. The molecule has 1 aliphatic heterocycles. The fourth-order valence-electron chi connectivity index (χ4n) is 3.88. The molecule has 1 saturated carbocycles. The summed E-state index contributed by atoms with van der Waals surface area (Å²) in [6.07, 6.45) is 7.41. The molecule has 122 valence electrons. The molecule has 0 bridgehead atoms. The number of halogens is 1. The first-order valence-corrected chi connectivity index (χ1v) is 8.33. The van der Waals surface area contributed by atoms with E-state index < -0.39 is 0 Å². The zero-order valence-corrected chi connectivity index (χ0v) is 14.0. The largest absolute Gasteiger partial charge is 0.354 e. The van der Waals surface area contributed by atoms with Gasteiger partial charge in [0.15, 0.2) is 0 Å². The topological polar surface area (TPSA) is 32.3 Å². The molecule has 0 spiro atoms. The lowest BCUT2D eigenvalue weighted by atomic mass is 9.79. The summed E-state index contributed by atoms with van der Waals surface area (Å²) in [5.74, 6) is 0.194. The van der Waals surface area contributed by atoms with Gasteiger partial charge in [-0.3, -0.25) is 9.69 Å². The second kappa shape index (κ2) is 7.98. The number of hydrogen-bond acceptors (Lipinski definition) is 2. The first kappa shape index (κ1) is 17.3. The third-order valence-electron chi connectivity index (χ3n) is 5.14. The van der Waals surface area contributed by atoms with Gasteiger partial charge in [-0.25, -0.2) is 0 Å². The van der Waals surface area contributed by atoms with Crippen LogP contribution < -0.4 is 5.32 Å². The molecule has 0 atom stereocenters. The van der Waals surface area contributed by atoms with Gasteiger partial charge in [0.05, 0.1) is 6.54 Å². The van der Waals surface area contributed by atoms with E-state index >= 15 is 0 Å². The second-order valence-electron chi connectivity index (χ2n) is 6.61. The molecule has 2 aliphatic rings. The molecule has 4 heteroatoms. The molecule has 2 fully saturated rings. The number of nitrogens with zero attached hydrogens (tertiary/aromatic N) is 1. The molecule has 1 saturated heterocycles. The van der Waals surface area contributed by atoms with Crippen molar-refractivity contribution in [2.75, 3.05) is 26.2 Å². The van der Waals surface area contributed by atoms with E-state index in [4.69, 9.17) is 0 Å². The van der Waals surface area contributed by atoms with Gasteiger partial charge in [0.1, 0.15) is 0 Å². The minimum atomic E-state index is 0. The van der Waals surface area contributed by atoms with Crippen LogP contribution in [0.4, 0.5) is 0 Å². The van der Waals surface area contributed by atoms with E-state index in [2.05, 4.69) is 40.5 Å². The highest BCUT2D eigenvalue weighted by atomic mass is 35.5. The maximum Gasteiger partial charge on any atom is 0.234 e. The van der Waals surface area contributed by atoms with Crippen LogP contribution in [0.5, 0.6) is 0 Å². The first-order chi connectivity index (χ1) is 10.3. The van der Waals surface area contributed by atoms with Gasteiger partial charge in [0.25, 0.3) is 0 Å². The number of carbonyl (C=O) groups excluding carboxylic acids is 1. The van der Waals surface area contributed by atoms with Gasteiger partial charge in [0.2, 0.25) is 5.91 Å². The molecular weight excluding hydrogens is 296 g/mol. The molecule has 1 amide bonds. The van der Waals surface area contributed by atoms with Gasteiger partial charge in [0, 0.05) is 12.0 Å². The third kappa shape index (κ3) is 4.02. The molecule has 3 rings (SSSR count). The monoisotopic (exact) mass is 322 g/mol. The number of amides is 1. The Morgan fingerprint density at radius 3 is 2.32 bits per heavy atom. The van der Waals surface area contributed by atoms with Gasteiger partial charge in [-0.2, -0.15) is 0 Å². The van der Waals surface area contributed by atoms with Crippen molar-refractivity contribution in [2.24, 2.45) is 0 Å². The van der Waals surface area contributed by atoms with E-state index in [1.165, 1.54) is 44.1 Å². The van der Waals surface area contributed by atoms with Crippen LogP contribution in [0.3, 0.4) is 0 Å². The Hall–Kier alpha value is -1.06. The summed E-state index contributed by atoms with van der Waals surface area (Å²) in [6.45, 7) is 3.53. The Labute approximate surface area is 139 Å². The van der Waals surface area contributed by atoms with Gasteiger partial charge >= 0.3 is 0 Å². The Morgan fingerprint density at radius 1 is 1.05 bits per heavy atom. The molecule has 22 heavy (non-hydrogen) atoms. The van der Waals surface area contributed by atoms with E-state index in [-0.39, 0.29) is 23.7 Å². The molecule has 3 nitrogen and oxygen atoms in total. The summed E-state index contributed by atoms with van der Waals surface area (Å²) < 4.78 is 0. The van der Waals surface area contributed by atoms with Gasteiger partial charge in [-0.05, 0) is 44.3 Å². The van der Waals surface area contributed by atoms with Crippen LogP contribution in [-0.4, -0.2) is 37.0 Å². The Bertz CT molecular complexity index is 465. The minimum absolute atomic E-state index is 0. The average molecular weight is 323 g/mol. The Balaban J connectivity index is 0.00000176. The van der Waals surface area contributed by atoms with Crippen molar-refractivity contribution in [1.29, 1.82) is 0 Å². The van der Waals surface area contributed by atoms with E-state index in [0.717, 1.165) is 19.6 Å². The van der Waals surface area contributed by atoms with Crippen LogP contribution in [0, 0.1) is 0 Å². The summed E-state index contributed by atoms with van der Waals surface area (Å²) in [7, 11) is 0. The van der Waals surface area contributed by atoms with Crippen molar-refractivity contribution < 1.29 is 4.79 Å². The standard InChI is InChI=1S/C18H26N2O.ClH/c21-17(14-20-12-6-7-13-20)19-15-18(10-4-5-11-18)16-8-2-1-3-9-16;/h1-3,8-9H,4-7,10-15H2,(H,19,21);1H. The summed E-state index contributed by atoms with van der Waals surface area (Å²) in [5, 5.41) is 3.21. The smallest absolute Gasteiger partial charge is 0.234 e. The first-order valence-electron chi connectivity index (χ1n) is 8.33. The highest BCUT2D eigenvalue weighted by Gasteiger charge is 2.35. The van der Waals surface area contributed by atoms with Gasteiger partial charge < -0.3 is 5.32 Å². The number of nitrogens with one attached hydrogen (secondary N) is 1. The summed E-state index contributed by atoms with van der Waals surface area (Å²) in [6, 6.07) is 10.7. The molecular formula is C18H27ClN2O. The minimum Gasteiger partial charge on any atom is -0.354 e. The fraction of sp³-hybridized carbons (Fsp3) is 0.611. The molecule has 0 radical (unpaired) electrons. The number of rotatable bonds is 5. The van der Waals surface area contributed by atoms with Crippen LogP contribution in [0.25, 0.3) is 0 Å². The maximum absolute atomic E-state index is 12.2. The zero-order valence-electron chi connectivity index (χ0n) is 13.2. The van der Waals surface area contributed by atoms with E-state index in [0.29, 0.717) is 6.54 Å². The molecule has 1 aromatic carbocycles. The van der Waals surface area contributed by atoms with Crippen LogP contribution in [-0.2, 0) is 10.2 Å². The van der Waals surface area contributed by atoms with Crippen LogP contribution in [0.2, 0.25) is 0 Å². The second-order valence-corrected chi connectivity index (χ2v) is 6.61. The van der Waals surface area contributed by atoms with Gasteiger partial charge in [-0.1, -0.05) is 43.2 Å². The van der Waals surface area contributed by atoms with Crippen LogP contribution in [0.1, 0.15) is 44.1 Å². The molecule has 0 aromatic heterocycles. The van der Waals surface area contributed by atoms with Crippen molar-refractivity contribution in [3.8, 4) is 0 Å². The van der Waals surface area contributed by atoms with E-state index in [1.807, 2.05) is 0 Å². The zero-order chi connectivity index (χ0) is 14.5. The van der Waals surface area contributed by atoms with Crippen LogP contribution >= 0.6 is 12.4 Å². The molecule has 1 aromatic rings. The summed E-state index contributed by atoms with van der Waals surface area (Å²) in [5.41, 5.74) is 1.56. The Morgan fingerprint density at radius 2 is 1.68 bits per heavy atom. The van der Waals surface area contributed by atoms with Crippen molar-refractivity contribution in [2.45, 2.75) is 43.9 Å². The lowest BCUT2D eigenvalue weighted by molar-refractivity contribution is -0.122. The normalized spacial score (nSPS) is 20.5. The highest BCUT2D eigenvalue weighted by molar-refractivity contribution is 5.85. The summed E-state index contributed by atoms with van der Waals surface area (Å²) >= 11 is 0. The number of hydrogen-bond donors (Lipinski definition) is 1. The molecule has 0 unspecified atom stereocenters. The number of benzene rings is 1. The number of likely N-dealkylation sites (tertiary alicyclic amines) is 1. The van der Waals surface area contributed by atoms with Crippen molar-refractivity contribution in [3.05, 3.63) is 35.9 Å². The maximum atomic E-state index is 12.2. The molecule has 1 aliphatic carbocycles.